The van der Waals surface area contributed by atoms with Crippen LogP contribution in [-0.4, -0.2) is 156 Å². The molecule has 8 atom stereocenters. The summed E-state index contributed by atoms with van der Waals surface area (Å²) in [6.45, 7) is 6.86. The van der Waals surface area contributed by atoms with Gasteiger partial charge in [0, 0.05) is 80.0 Å². The number of hydrogen-bond acceptors (Lipinski definition) is 22. The van der Waals surface area contributed by atoms with E-state index in [1.165, 1.54) is 21.6 Å². The predicted molar refractivity (Wildman–Crippen MR) is 208 cm³/mol. The van der Waals surface area contributed by atoms with Crippen LogP contribution in [0.1, 0.15) is 81.1 Å². The Balaban J connectivity index is 5.16. The zero-order chi connectivity index (χ0) is 45.9. The third-order valence-corrected chi connectivity index (χ3v) is 9.80. The van der Waals surface area contributed by atoms with Gasteiger partial charge in [-0.05, 0) is 25.7 Å². The van der Waals surface area contributed by atoms with Crippen LogP contribution in [0.2, 0.25) is 0 Å². The van der Waals surface area contributed by atoms with Crippen LogP contribution in [0, 0.1) is 0 Å². The molecule has 24 heteroatoms. The smallest absolute Gasteiger partial charge is 0.303 e. The first-order chi connectivity index (χ1) is 28.1. The Bertz CT molecular complexity index is 1360. The number of ether oxygens (including phenoxy) is 8. The Morgan fingerprint density at radius 1 is 0.417 bits per heavy atom. The van der Waals surface area contributed by atoms with E-state index >= 15 is 0 Å². The molecule has 0 spiro atoms. The molecule has 342 valence electrons. The van der Waals surface area contributed by atoms with Crippen LogP contribution in [0.15, 0.2) is 0 Å². The Labute approximate surface area is 354 Å². The summed E-state index contributed by atoms with van der Waals surface area (Å²) in [4.78, 5) is 120. The SMILES string of the molecule is CC(=O)OC[C@@H](O)[C@@H](OC(C)=O)[C@H](OC(C)=O)[C@@H](OC(C)=O)C(=O)NCCCCSSCCCCNC(=O)[C@H](OC(C)=O)[C@@H](OC(C)=O)[C@H](OC(C)=O)[C@H](O)COC(C)=O. The number of aliphatic hydroxyl groups excluding tert-OH is 2. The highest BCUT2D eigenvalue weighted by atomic mass is 33.1. The molecule has 0 unspecified atom stereocenters. The summed E-state index contributed by atoms with van der Waals surface area (Å²) in [6.07, 6.45) is -12.2. The summed E-state index contributed by atoms with van der Waals surface area (Å²) >= 11 is 0. The molecule has 0 fully saturated rings. The molecule has 0 aromatic rings. The number of esters is 8. The number of carbonyl (C=O) groups is 10. The second-order valence-corrected chi connectivity index (χ2v) is 15.4. The fourth-order valence-corrected chi connectivity index (χ4v) is 7.20. The number of carbonyl (C=O) groups excluding carboxylic acids is 10. The highest BCUT2D eigenvalue weighted by molar-refractivity contribution is 8.76. The lowest BCUT2D eigenvalue weighted by Crippen LogP contribution is -2.56. The monoisotopic (exact) mass is 900 g/mol. The average Bonchev–Trinajstić information content (AvgIpc) is 3.13. The molecule has 22 nitrogen and oxygen atoms in total. The maximum atomic E-state index is 13.2. The van der Waals surface area contributed by atoms with E-state index < -0.39 is 122 Å². The molecular formula is C36H56N2O20S2. The summed E-state index contributed by atoms with van der Waals surface area (Å²) in [5, 5.41) is 26.4. The van der Waals surface area contributed by atoms with E-state index in [-0.39, 0.29) is 13.1 Å². The van der Waals surface area contributed by atoms with Crippen molar-refractivity contribution in [1.29, 1.82) is 0 Å². The van der Waals surface area contributed by atoms with E-state index in [1.54, 1.807) is 0 Å². The topological polar surface area (TPSA) is 309 Å². The predicted octanol–water partition coefficient (Wildman–Crippen LogP) is -0.401. The summed E-state index contributed by atoms with van der Waals surface area (Å²) in [6, 6.07) is 0. The zero-order valence-corrected chi connectivity index (χ0v) is 36.4. The van der Waals surface area contributed by atoms with Gasteiger partial charge in [-0.15, -0.1) is 0 Å². The van der Waals surface area contributed by atoms with Crippen molar-refractivity contribution in [3.8, 4) is 0 Å². The molecule has 0 aliphatic heterocycles. The summed E-state index contributed by atoms with van der Waals surface area (Å²) in [5.41, 5.74) is 0. The molecule has 0 aromatic carbocycles. The lowest BCUT2D eigenvalue weighted by Gasteiger charge is -2.33. The first-order valence-corrected chi connectivity index (χ1v) is 21.0. The fourth-order valence-electron chi connectivity index (χ4n) is 4.90. The van der Waals surface area contributed by atoms with Crippen molar-refractivity contribution in [3.63, 3.8) is 0 Å². The summed E-state index contributed by atoms with van der Waals surface area (Å²) < 4.78 is 40.3. The number of aliphatic hydroxyl groups is 2. The van der Waals surface area contributed by atoms with Crippen molar-refractivity contribution in [2.75, 3.05) is 37.8 Å². The van der Waals surface area contributed by atoms with Crippen LogP contribution in [-0.2, 0) is 85.8 Å². The minimum atomic E-state index is -1.86. The van der Waals surface area contributed by atoms with E-state index in [9.17, 15) is 58.2 Å². The van der Waals surface area contributed by atoms with Crippen LogP contribution in [0.25, 0.3) is 0 Å². The average molecular weight is 901 g/mol. The van der Waals surface area contributed by atoms with Gasteiger partial charge in [-0.3, -0.25) is 47.9 Å². The van der Waals surface area contributed by atoms with Crippen molar-refractivity contribution in [1.82, 2.24) is 10.6 Å². The first kappa shape index (κ1) is 55.3. The van der Waals surface area contributed by atoms with Crippen LogP contribution in [0.5, 0.6) is 0 Å². The van der Waals surface area contributed by atoms with Crippen LogP contribution < -0.4 is 10.6 Å². The van der Waals surface area contributed by atoms with Gasteiger partial charge in [0.1, 0.15) is 25.4 Å². The lowest BCUT2D eigenvalue weighted by atomic mass is 10.0. The standard InChI is InChI=1S/C36H56N2O20S2/c1-19(39)51-17-27(47)29(53-21(3)41)31(55-23(5)43)33(57-25(7)45)35(49)37-13-9-11-15-59-60-16-12-10-14-38-36(50)34(58-26(8)46)32(56-24(6)44)30(54-22(4)42)28(48)18-52-20(2)40/h27-34,47-48H,9-18H2,1-8H3,(H,37,49)(H,38,50)/t27-,28-,29-,30-,31+,32+,33-,34-/m1/s1. The largest absolute Gasteiger partial charge is 0.463 e. The molecule has 0 heterocycles. The van der Waals surface area contributed by atoms with Crippen LogP contribution in [0.4, 0.5) is 0 Å². The van der Waals surface area contributed by atoms with Gasteiger partial charge < -0.3 is 58.7 Å². The molecule has 2 amide bonds. The van der Waals surface area contributed by atoms with E-state index in [0.29, 0.717) is 37.2 Å². The maximum absolute atomic E-state index is 13.2. The fraction of sp³-hybridized carbons (Fsp3) is 0.722. The number of nitrogens with one attached hydrogen (secondary N) is 2. The third-order valence-electron chi connectivity index (χ3n) is 7.22. The van der Waals surface area contributed by atoms with Gasteiger partial charge >= 0.3 is 47.8 Å². The van der Waals surface area contributed by atoms with E-state index in [4.69, 9.17) is 37.9 Å². The van der Waals surface area contributed by atoms with Crippen molar-refractivity contribution in [3.05, 3.63) is 0 Å². The van der Waals surface area contributed by atoms with Gasteiger partial charge in [-0.1, -0.05) is 21.6 Å². The highest BCUT2D eigenvalue weighted by Gasteiger charge is 2.46. The number of unbranched alkanes of at least 4 members (excludes halogenated alkanes) is 2. The quantitative estimate of drug-likeness (QED) is 0.0321. The molecule has 4 N–H and O–H groups in total. The van der Waals surface area contributed by atoms with Gasteiger partial charge in [-0.2, -0.15) is 0 Å². The number of amides is 2. The third kappa shape index (κ3) is 25.1. The second kappa shape index (κ2) is 30.4. The van der Waals surface area contributed by atoms with Crippen LogP contribution >= 0.6 is 21.6 Å². The molecule has 0 bridgehead atoms. The molecule has 0 rings (SSSR count). The first-order valence-electron chi connectivity index (χ1n) is 18.5. The van der Waals surface area contributed by atoms with Gasteiger partial charge in [0.15, 0.2) is 24.4 Å². The minimum absolute atomic E-state index is 0.0992. The normalized spacial score (nSPS) is 14.8. The number of rotatable bonds is 29. The molecule has 60 heavy (non-hydrogen) atoms. The van der Waals surface area contributed by atoms with Gasteiger partial charge in [0.05, 0.1) is 0 Å². The minimum Gasteiger partial charge on any atom is -0.463 e. The summed E-state index contributed by atoms with van der Waals surface area (Å²) in [5.74, 6) is -7.75. The Hall–Kier alpha value is -4.68. The van der Waals surface area contributed by atoms with Gasteiger partial charge in [-0.25, -0.2) is 0 Å². The van der Waals surface area contributed by atoms with Crippen molar-refractivity contribution in [2.45, 2.75) is 130 Å². The zero-order valence-electron chi connectivity index (χ0n) is 34.7. The van der Waals surface area contributed by atoms with Gasteiger partial charge in [0.25, 0.3) is 11.8 Å². The molecular weight excluding hydrogens is 845 g/mol. The summed E-state index contributed by atoms with van der Waals surface area (Å²) in [7, 11) is 3.07. The Kier molecular flexibility index (Phi) is 28.0. The molecule has 0 saturated carbocycles. The van der Waals surface area contributed by atoms with Crippen molar-refractivity contribution < 1.29 is 96.1 Å². The maximum Gasteiger partial charge on any atom is 0.303 e. The van der Waals surface area contributed by atoms with Crippen molar-refractivity contribution in [2.24, 2.45) is 0 Å². The highest BCUT2D eigenvalue weighted by Crippen LogP contribution is 2.24. The van der Waals surface area contributed by atoms with Crippen molar-refractivity contribution >= 4 is 81.2 Å². The molecule has 0 saturated heterocycles. The second-order valence-electron chi connectivity index (χ2n) is 12.7. The molecule has 0 aliphatic rings. The van der Waals surface area contributed by atoms with E-state index in [2.05, 4.69) is 10.6 Å². The van der Waals surface area contributed by atoms with E-state index in [1.807, 2.05) is 0 Å². The molecule has 0 aliphatic carbocycles. The molecule has 0 aromatic heterocycles. The Morgan fingerprint density at radius 2 is 0.700 bits per heavy atom. The van der Waals surface area contributed by atoms with E-state index in [0.717, 1.165) is 55.4 Å². The lowest BCUT2D eigenvalue weighted by molar-refractivity contribution is -0.197. The number of hydrogen-bond donors (Lipinski definition) is 4. The van der Waals surface area contributed by atoms with Crippen LogP contribution in [0.3, 0.4) is 0 Å². The van der Waals surface area contributed by atoms with Gasteiger partial charge in [0.2, 0.25) is 12.2 Å². The molecule has 0 radical (unpaired) electrons. The Morgan fingerprint density at radius 3 is 0.967 bits per heavy atom.